The fourth-order valence-electron chi connectivity index (χ4n) is 1.71. The summed E-state index contributed by atoms with van der Waals surface area (Å²) in [6, 6.07) is 0. The predicted octanol–water partition coefficient (Wildman–Crippen LogP) is 2.53. The lowest BCUT2D eigenvalue weighted by atomic mass is 9.95. The van der Waals surface area contributed by atoms with Gasteiger partial charge in [-0.15, -0.1) is 0 Å². The van der Waals surface area contributed by atoms with Crippen LogP contribution in [0.1, 0.15) is 19.8 Å². The van der Waals surface area contributed by atoms with E-state index in [-0.39, 0.29) is 0 Å². The van der Waals surface area contributed by atoms with Gasteiger partial charge in [0, 0.05) is 0 Å². The molecule has 9 heavy (non-hydrogen) atoms. The van der Waals surface area contributed by atoms with Crippen LogP contribution in [0.15, 0.2) is 24.3 Å². The van der Waals surface area contributed by atoms with Crippen molar-refractivity contribution in [2.45, 2.75) is 19.8 Å². The van der Waals surface area contributed by atoms with Crippen LogP contribution < -0.4 is 0 Å². The van der Waals surface area contributed by atoms with Crippen molar-refractivity contribution in [2.75, 3.05) is 0 Å². The van der Waals surface area contributed by atoms with E-state index in [4.69, 9.17) is 0 Å². The Morgan fingerprint density at radius 1 is 1.44 bits per heavy atom. The Hall–Kier alpha value is -0.520. The molecule has 1 fully saturated rings. The molecule has 0 heterocycles. The second kappa shape index (κ2) is 1.50. The molecular weight excluding hydrogens is 108 g/mol. The van der Waals surface area contributed by atoms with Gasteiger partial charge < -0.3 is 0 Å². The molecule has 2 rings (SSSR count). The van der Waals surface area contributed by atoms with Crippen LogP contribution >= 0.6 is 0 Å². The zero-order chi connectivity index (χ0) is 6.32. The van der Waals surface area contributed by atoms with Gasteiger partial charge in [0.1, 0.15) is 0 Å². The first kappa shape index (κ1) is 5.28. The summed E-state index contributed by atoms with van der Waals surface area (Å²) in [6.45, 7) is 2.34. The molecule has 0 aromatic carbocycles. The van der Waals surface area contributed by atoms with Gasteiger partial charge in [0.15, 0.2) is 0 Å². The number of hydrogen-bond acceptors (Lipinski definition) is 0. The summed E-state index contributed by atoms with van der Waals surface area (Å²) >= 11 is 0. The van der Waals surface area contributed by atoms with Crippen molar-refractivity contribution in [2.24, 2.45) is 11.3 Å². The molecule has 0 heteroatoms. The maximum absolute atomic E-state index is 2.37. The fourth-order valence-corrected chi connectivity index (χ4v) is 1.71. The third-order valence-electron chi connectivity index (χ3n) is 2.68. The summed E-state index contributed by atoms with van der Waals surface area (Å²) in [5, 5.41) is 0. The molecule has 1 saturated carbocycles. The third-order valence-corrected chi connectivity index (χ3v) is 2.68. The molecule has 2 aliphatic rings. The van der Waals surface area contributed by atoms with Gasteiger partial charge in [-0.3, -0.25) is 0 Å². The summed E-state index contributed by atoms with van der Waals surface area (Å²) in [7, 11) is 0. The van der Waals surface area contributed by atoms with Gasteiger partial charge in [-0.25, -0.2) is 0 Å². The quantitative estimate of drug-likeness (QED) is 0.461. The van der Waals surface area contributed by atoms with Crippen LogP contribution in [0.3, 0.4) is 0 Å². The van der Waals surface area contributed by atoms with Crippen molar-refractivity contribution >= 4 is 0 Å². The Morgan fingerprint density at radius 3 is 2.56 bits per heavy atom. The third kappa shape index (κ3) is 0.658. The predicted molar refractivity (Wildman–Crippen MR) is 39.1 cm³/mol. The minimum atomic E-state index is 0.620. The van der Waals surface area contributed by atoms with Crippen LogP contribution in [0, 0.1) is 11.3 Å². The average Bonchev–Trinajstić information content (AvgIpc) is 2.44. The molecule has 0 nitrogen and oxygen atoms in total. The summed E-state index contributed by atoms with van der Waals surface area (Å²) in [4.78, 5) is 0. The number of allylic oxidation sites excluding steroid dienone is 4. The smallest absolute Gasteiger partial charge is 0.00518 e. The first-order valence-electron chi connectivity index (χ1n) is 3.68. The Labute approximate surface area is 56.3 Å². The minimum absolute atomic E-state index is 0.620. The summed E-state index contributed by atoms with van der Waals surface area (Å²) in [5.74, 6) is 0.943. The van der Waals surface area contributed by atoms with E-state index in [0.717, 1.165) is 5.92 Å². The summed E-state index contributed by atoms with van der Waals surface area (Å²) < 4.78 is 0. The van der Waals surface area contributed by atoms with Crippen LogP contribution in [0.4, 0.5) is 0 Å². The lowest BCUT2D eigenvalue weighted by Crippen LogP contribution is -1.98. The molecule has 1 spiro atoms. The lowest BCUT2D eigenvalue weighted by Gasteiger charge is -2.09. The molecule has 0 aliphatic heterocycles. The van der Waals surface area contributed by atoms with Gasteiger partial charge in [0.05, 0.1) is 0 Å². The second-order valence-electron chi connectivity index (χ2n) is 3.33. The maximum Gasteiger partial charge on any atom is -0.00518 e. The van der Waals surface area contributed by atoms with Crippen LogP contribution in [0.5, 0.6) is 0 Å². The van der Waals surface area contributed by atoms with E-state index in [1.54, 1.807) is 0 Å². The maximum atomic E-state index is 2.37. The molecule has 48 valence electrons. The van der Waals surface area contributed by atoms with Crippen molar-refractivity contribution in [3.05, 3.63) is 24.3 Å². The van der Waals surface area contributed by atoms with E-state index in [1.807, 2.05) is 0 Å². The van der Waals surface area contributed by atoms with Gasteiger partial charge in [0.25, 0.3) is 0 Å². The van der Waals surface area contributed by atoms with E-state index in [0.29, 0.717) is 5.41 Å². The van der Waals surface area contributed by atoms with Crippen molar-refractivity contribution in [3.63, 3.8) is 0 Å². The number of rotatable bonds is 0. The average molecular weight is 120 g/mol. The first-order valence-corrected chi connectivity index (χ1v) is 3.68. The van der Waals surface area contributed by atoms with Crippen LogP contribution in [0.2, 0.25) is 0 Å². The van der Waals surface area contributed by atoms with Crippen LogP contribution in [0.25, 0.3) is 0 Å². The highest BCUT2D eigenvalue weighted by Gasteiger charge is 2.47. The Bertz CT molecular complexity index is 176. The minimum Gasteiger partial charge on any atom is -0.0837 e. The van der Waals surface area contributed by atoms with E-state index in [9.17, 15) is 0 Å². The second-order valence-corrected chi connectivity index (χ2v) is 3.33. The van der Waals surface area contributed by atoms with Gasteiger partial charge in [-0.2, -0.15) is 0 Å². The first-order chi connectivity index (χ1) is 4.33. The van der Waals surface area contributed by atoms with Crippen molar-refractivity contribution in [1.29, 1.82) is 0 Å². The molecule has 0 N–H and O–H groups in total. The molecular formula is C9H12. The van der Waals surface area contributed by atoms with Crippen molar-refractivity contribution < 1.29 is 0 Å². The highest BCUT2D eigenvalue weighted by molar-refractivity contribution is 5.24. The van der Waals surface area contributed by atoms with E-state index in [1.165, 1.54) is 12.8 Å². The Morgan fingerprint density at radius 2 is 2.22 bits per heavy atom. The van der Waals surface area contributed by atoms with E-state index < -0.39 is 0 Å². The molecule has 0 amide bonds. The standard InChI is InChI=1S/C9H12/c1-8-7-9(8)5-3-2-4-6-9/h2-5,8H,6-7H2,1H3. The fraction of sp³-hybridized carbons (Fsp3) is 0.556. The van der Waals surface area contributed by atoms with Gasteiger partial charge in [0.2, 0.25) is 0 Å². The van der Waals surface area contributed by atoms with E-state index in [2.05, 4.69) is 31.2 Å². The molecule has 0 radical (unpaired) electrons. The highest BCUT2D eigenvalue weighted by Crippen LogP contribution is 2.57. The largest absolute Gasteiger partial charge is 0.0837 e. The topological polar surface area (TPSA) is 0 Å². The number of hydrogen-bond donors (Lipinski definition) is 0. The van der Waals surface area contributed by atoms with E-state index >= 15 is 0 Å². The molecule has 2 atom stereocenters. The molecule has 0 saturated heterocycles. The summed E-state index contributed by atoms with van der Waals surface area (Å²) in [6.07, 6.45) is 11.7. The van der Waals surface area contributed by atoms with Gasteiger partial charge in [-0.05, 0) is 24.2 Å². The van der Waals surface area contributed by atoms with Gasteiger partial charge in [-0.1, -0.05) is 31.2 Å². The van der Waals surface area contributed by atoms with Crippen LogP contribution in [-0.4, -0.2) is 0 Å². The Balaban J connectivity index is 2.18. The molecule has 0 aromatic rings. The summed E-state index contributed by atoms with van der Waals surface area (Å²) in [5.41, 5.74) is 0.620. The monoisotopic (exact) mass is 120 g/mol. The normalized spacial score (nSPS) is 46.1. The molecule has 0 aromatic heterocycles. The SMILES string of the molecule is CC1CC12C=CC=CC2. The molecule has 2 unspecified atom stereocenters. The Kier molecular flexibility index (Phi) is 0.879. The zero-order valence-electron chi connectivity index (χ0n) is 5.80. The highest BCUT2D eigenvalue weighted by atomic mass is 14.5. The van der Waals surface area contributed by atoms with Crippen molar-refractivity contribution in [3.8, 4) is 0 Å². The van der Waals surface area contributed by atoms with Gasteiger partial charge >= 0.3 is 0 Å². The van der Waals surface area contributed by atoms with Crippen LogP contribution in [-0.2, 0) is 0 Å². The zero-order valence-corrected chi connectivity index (χ0v) is 5.80. The molecule has 0 bridgehead atoms. The molecule has 2 aliphatic carbocycles. The lowest BCUT2D eigenvalue weighted by molar-refractivity contribution is 0.596. The van der Waals surface area contributed by atoms with Crippen molar-refractivity contribution in [1.82, 2.24) is 0 Å².